The van der Waals surface area contributed by atoms with Crippen LogP contribution in [0.3, 0.4) is 0 Å². The van der Waals surface area contributed by atoms with Gasteiger partial charge in [0.15, 0.2) is 0 Å². The average Bonchev–Trinajstić information content (AvgIpc) is 2.40. The van der Waals surface area contributed by atoms with Crippen molar-refractivity contribution in [1.82, 2.24) is 5.32 Å². The average molecular weight is 342 g/mol. The van der Waals surface area contributed by atoms with Gasteiger partial charge in [-0.3, -0.25) is 15.4 Å². The molecule has 0 amide bonds. The zero-order valence-corrected chi connectivity index (χ0v) is 12.9. The minimum atomic E-state index is -0.704. The summed E-state index contributed by atoms with van der Waals surface area (Å²) in [6, 6.07) is 6.82. The molecule has 0 aliphatic rings. The maximum atomic E-state index is 10.9. The molecule has 1 N–H and O–H groups in total. The molecule has 1 rings (SSSR count). The van der Waals surface area contributed by atoms with Crippen molar-refractivity contribution in [2.24, 2.45) is 0 Å². The molecule has 0 aromatic heterocycles. The lowest BCUT2D eigenvalue weighted by atomic mass is 10.0. The van der Waals surface area contributed by atoms with Crippen LogP contribution >= 0.6 is 15.9 Å². The Morgan fingerprint density at radius 3 is 2.85 bits per heavy atom. The van der Waals surface area contributed by atoms with Crippen LogP contribution in [0.2, 0.25) is 0 Å². The number of nitrogens with one attached hydrogen (secondary N) is 1. The van der Waals surface area contributed by atoms with Gasteiger partial charge in [-0.15, -0.1) is 0 Å². The Balaban J connectivity index is 2.76. The Labute approximate surface area is 126 Å². The molecular formula is C13H16BrN3O3. The van der Waals surface area contributed by atoms with Crippen LogP contribution in [0, 0.1) is 21.4 Å². The Hall–Kier alpha value is -1.65. The molecule has 0 spiro atoms. The molecule has 1 aromatic carbocycles. The molecule has 0 radical (unpaired) electrons. The van der Waals surface area contributed by atoms with E-state index in [4.69, 9.17) is 10.00 Å². The molecule has 7 heteroatoms. The molecule has 1 aromatic rings. The fraction of sp³-hybridized carbons (Fsp3) is 0.462. The Morgan fingerprint density at radius 1 is 1.60 bits per heavy atom. The maximum absolute atomic E-state index is 10.9. The maximum Gasteiger partial charge on any atom is 0.312 e. The van der Waals surface area contributed by atoms with Crippen molar-refractivity contribution in [3.63, 3.8) is 0 Å². The van der Waals surface area contributed by atoms with E-state index in [0.29, 0.717) is 17.4 Å². The van der Waals surface area contributed by atoms with E-state index in [1.54, 1.807) is 19.1 Å². The van der Waals surface area contributed by atoms with E-state index in [9.17, 15) is 10.1 Å². The highest BCUT2D eigenvalue weighted by molar-refractivity contribution is 9.10. The van der Waals surface area contributed by atoms with Crippen LogP contribution in [0.15, 0.2) is 22.7 Å². The van der Waals surface area contributed by atoms with E-state index in [0.717, 1.165) is 0 Å². The van der Waals surface area contributed by atoms with Crippen molar-refractivity contribution in [2.75, 3.05) is 13.2 Å². The lowest BCUT2D eigenvalue weighted by molar-refractivity contribution is -0.386. The number of hydrogen-bond acceptors (Lipinski definition) is 5. The van der Waals surface area contributed by atoms with Gasteiger partial charge in [-0.25, -0.2) is 0 Å². The van der Waals surface area contributed by atoms with E-state index >= 15 is 0 Å². The molecule has 0 saturated heterocycles. The van der Waals surface area contributed by atoms with Gasteiger partial charge < -0.3 is 4.74 Å². The van der Waals surface area contributed by atoms with Crippen molar-refractivity contribution in [3.05, 3.63) is 32.8 Å². The van der Waals surface area contributed by atoms with Crippen LogP contribution in [-0.4, -0.2) is 23.6 Å². The zero-order chi connectivity index (χ0) is 15.2. The van der Waals surface area contributed by atoms with Gasteiger partial charge in [-0.1, -0.05) is 13.0 Å². The SMILES string of the molecule is CCNC(C)(C#N)CCOc1c(Br)cccc1[N+](=O)[O-]. The number of nitriles is 1. The summed E-state index contributed by atoms with van der Waals surface area (Å²) >= 11 is 3.23. The highest BCUT2D eigenvalue weighted by Gasteiger charge is 2.24. The highest BCUT2D eigenvalue weighted by atomic mass is 79.9. The number of ether oxygens (including phenoxy) is 1. The smallest absolute Gasteiger partial charge is 0.312 e. The van der Waals surface area contributed by atoms with Crippen LogP contribution in [0.4, 0.5) is 5.69 Å². The van der Waals surface area contributed by atoms with E-state index in [1.165, 1.54) is 6.07 Å². The molecule has 0 heterocycles. The number of hydrogen-bond donors (Lipinski definition) is 1. The summed E-state index contributed by atoms with van der Waals surface area (Å²) in [7, 11) is 0. The number of nitrogens with zero attached hydrogens (tertiary/aromatic N) is 2. The third kappa shape index (κ3) is 4.18. The highest BCUT2D eigenvalue weighted by Crippen LogP contribution is 2.34. The summed E-state index contributed by atoms with van der Waals surface area (Å²) in [6.45, 7) is 4.56. The minimum absolute atomic E-state index is 0.0958. The van der Waals surface area contributed by atoms with Crippen molar-refractivity contribution >= 4 is 21.6 Å². The Kier molecular flexibility index (Phi) is 5.92. The van der Waals surface area contributed by atoms with Gasteiger partial charge in [0.1, 0.15) is 5.54 Å². The second kappa shape index (κ2) is 7.22. The van der Waals surface area contributed by atoms with Gasteiger partial charge in [-0.05, 0) is 35.5 Å². The first-order valence-electron chi connectivity index (χ1n) is 6.15. The van der Waals surface area contributed by atoms with Crippen LogP contribution in [-0.2, 0) is 0 Å². The monoisotopic (exact) mass is 341 g/mol. The fourth-order valence-electron chi connectivity index (χ4n) is 1.72. The van der Waals surface area contributed by atoms with Crippen molar-refractivity contribution in [3.8, 4) is 11.8 Å². The van der Waals surface area contributed by atoms with Gasteiger partial charge in [0.05, 0.1) is 22.1 Å². The second-order valence-corrected chi connectivity index (χ2v) is 5.27. The Morgan fingerprint density at radius 2 is 2.30 bits per heavy atom. The number of halogens is 1. The molecule has 0 aliphatic heterocycles. The quantitative estimate of drug-likeness (QED) is 0.608. The molecule has 0 aliphatic carbocycles. The summed E-state index contributed by atoms with van der Waals surface area (Å²) in [6.07, 6.45) is 0.426. The lowest BCUT2D eigenvalue weighted by Gasteiger charge is -2.22. The predicted octanol–water partition coefficient (Wildman–Crippen LogP) is 3.02. The van der Waals surface area contributed by atoms with E-state index in [-0.39, 0.29) is 18.0 Å². The topological polar surface area (TPSA) is 88.2 Å². The molecule has 1 unspecified atom stereocenters. The van der Waals surface area contributed by atoms with E-state index < -0.39 is 10.5 Å². The van der Waals surface area contributed by atoms with Gasteiger partial charge in [0.25, 0.3) is 0 Å². The largest absolute Gasteiger partial charge is 0.486 e. The zero-order valence-electron chi connectivity index (χ0n) is 11.4. The van der Waals surface area contributed by atoms with E-state index in [2.05, 4.69) is 27.3 Å². The van der Waals surface area contributed by atoms with Gasteiger partial charge in [-0.2, -0.15) is 5.26 Å². The Bertz CT molecular complexity index is 530. The molecule has 1 atom stereocenters. The fourth-order valence-corrected chi connectivity index (χ4v) is 2.19. The van der Waals surface area contributed by atoms with Crippen molar-refractivity contribution in [2.45, 2.75) is 25.8 Å². The number of benzene rings is 1. The van der Waals surface area contributed by atoms with Crippen LogP contribution in [0.1, 0.15) is 20.3 Å². The molecule has 108 valence electrons. The summed E-state index contributed by atoms with van der Waals surface area (Å²) in [5, 5.41) is 23.1. The number of nitro groups is 1. The number of para-hydroxylation sites is 1. The van der Waals surface area contributed by atoms with Crippen molar-refractivity contribution in [1.29, 1.82) is 5.26 Å². The van der Waals surface area contributed by atoms with Crippen molar-refractivity contribution < 1.29 is 9.66 Å². The number of rotatable bonds is 7. The van der Waals surface area contributed by atoms with Crippen LogP contribution in [0.5, 0.6) is 5.75 Å². The summed E-state index contributed by atoms with van der Waals surface area (Å²) in [5.74, 6) is 0.189. The summed E-state index contributed by atoms with van der Waals surface area (Å²) < 4.78 is 6.02. The lowest BCUT2D eigenvalue weighted by Crippen LogP contribution is -2.42. The third-order valence-electron chi connectivity index (χ3n) is 2.81. The first kappa shape index (κ1) is 16.4. The minimum Gasteiger partial charge on any atom is -0.486 e. The van der Waals surface area contributed by atoms with E-state index in [1.807, 2.05) is 6.92 Å². The predicted molar refractivity (Wildman–Crippen MR) is 78.6 cm³/mol. The molecule has 0 saturated carbocycles. The standard InChI is InChI=1S/C13H16BrN3O3/c1-3-16-13(2,9-15)7-8-20-12-10(14)5-4-6-11(12)17(18)19/h4-6,16H,3,7-8H2,1-2H3. The van der Waals surface area contributed by atoms with Crippen LogP contribution < -0.4 is 10.1 Å². The first-order valence-corrected chi connectivity index (χ1v) is 6.95. The summed E-state index contributed by atoms with van der Waals surface area (Å²) in [5.41, 5.74) is -0.799. The molecule has 0 fully saturated rings. The van der Waals surface area contributed by atoms with Crippen LogP contribution in [0.25, 0.3) is 0 Å². The molecule has 6 nitrogen and oxygen atoms in total. The molecular weight excluding hydrogens is 326 g/mol. The molecule has 0 bridgehead atoms. The van der Waals surface area contributed by atoms with Gasteiger partial charge in [0.2, 0.25) is 5.75 Å². The normalized spacial score (nSPS) is 13.3. The second-order valence-electron chi connectivity index (χ2n) is 4.42. The number of nitro benzene ring substituents is 1. The summed E-state index contributed by atoms with van der Waals surface area (Å²) in [4.78, 5) is 10.4. The van der Waals surface area contributed by atoms with Gasteiger partial charge >= 0.3 is 5.69 Å². The first-order chi connectivity index (χ1) is 9.43. The molecule has 20 heavy (non-hydrogen) atoms. The van der Waals surface area contributed by atoms with Gasteiger partial charge in [0, 0.05) is 12.5 Å². The third-order valence-corrected chi connectivity index (χ3v) is 3.43.